The largest absolute Gasteiger partial charge is 0.375 e. The molecule has 0 aliphatic heterocycles. The van der Waals surface area contributed by atoms with Gasteiger partial charge in [-0.25, -0.2) is 0 Å². The Bertz CT molecular complexity index is 305. The number of nitrogens with zero attached hydrogens (tertiary/aromatic N) is 1. The zero-order valence-electron chi connectivity index (χ0n) is 8.05. The first-order valence-corrected chi connectivity index (χ1v) is 4.47. The molecule has 74 valence electrons. The van der Waals surface area contributed by atoms with E-state index in [9.17, 15) is 0 Å². The molecule has 2 atom stereocenters. The summed E-state index contributed by atoms with van der Waals surface area (Å²) < 4.78 is 5.31. The molecule has 3 nitrogen and oxygen atoms in total. The van der Waals surface area contributed by atoms with Gasteiger partial charge in [0.25, 0.3) is 0 Å². The van der Waals surface area contributed by atoms with Crippen LogP contribution in [0.15, 0.2) is 30.3 Å². The number of rotatable bonds is 4. The van der Waals surface area contributed by atoms with Crippen LogP contribution in [0.3, 0.4) is 0 Å². The standard InChI is InChI=1S/C11H13NO2/c1-9(11(13)7-12)14-8-10-5-3-2-4-6-10/h2-6,9,11,13H,8H2,1H3/t9-,11+/m1/s1. The lowest BCUT2D eigenvalue weighted by Gasteiger charge is -2.13. The highest BCUT2D eigenvalue weighted by atomic mass is 16.5. The molecule has 0 aromatic heterocycles. The minimum atomic E-state index is -1.06. The maximum absolute atomic E-state index is 9.12. The highest BCUT2D eigenvalue weighted by Gasteiger charge is 2.12. The van der Waals surface area contributed by atoms with Crippen molar-refractivity contribution >= 4 is 0 Å². The molecule has 0 spiro atoms. The minimum absolute atomic E-state index is 0.417. The highest BCUT2D eigenvalue weighted by molar-refractivity contribution is 5.13. The molecule has 1 rings (SSSR count). The molecular weight excluding hydrogens is 178 g/mol. The van der Waals surface area contributed by atoms with Gasteiger partial charge in [-0.05, 0) is 12.5 Å². The van der Waals surface area contributed by atoms with Gasteiger partial charge in [0.05, 0.1) is 18.8 Å². The van der Waals surface area contributed by atoms with Crippen molar-refractivity contribution in [1.82, 2.24) is 0 Å². The van der Waals surface area contributed by atoms with E-state index in [1.807, 2.05) is 30.3 Å². The quantitative estimate of drug-likeness (QED) is 0.733. The summed E-state index contributed by atoms with van der Waals surface area (Å²) >= 11 is 0. The molecule has 0 saturated heterocycles. The molecular formula is C11H13NO2. The summed E-state index contributed by atoms with van der Waals surface area (Å²) in [4.78, 5) is 0. The topological polar surface area (TPSA) is 53.2 Å². The van der Waals surface area contributed by atoms with E-state index < -0.39 is 12.2 Å². The SMILES string of the molecule is C[C@@H](OCc1ccccc1)[C@@H](O)C#N. The Morgan fingerprint density at radius 3 is 2.64 bits per heavy atom. The van der Waals surface area contributed by atoms with E-state index in [1.165, 1.54) is 0 Å². The molecule has 3 heteroatoms. The van der Waals surface area contributed by atoms with Crippen molar-refractivity contribution in [2.45, 2.75) is 25.7 Å². The number of nitriles is 1. The fraction of sp³-hybridized carbons (Fsp3) is 0.364. The summed E-state index contributed by atoms with van der Waals surface area (Å²) in [5, 5.41) is 17.5. The second kappa shape index (κ2) is 5.38. The van der Waals surface area contributed by atoms with Crippen LogP contribution in [0.2, 0.25) is 0 Å². The summed E-state index contributed by atoms with van der Waals surface area (Å²) in [5.41, 5.74) is 1.03. The van der Waals surface area contributed by atoms with Crippen LogP contribution in [0.25, 0.3) is 0 Å². The summed E-state index contributed by atoms with van der Waals surface area (Å²) in [7, 11) is 0. The van der Waals surface area contributed by atoms with E-state index in [0.29, 0.717) is 6.61 Å². The van der Waals surface area contributed by atoms with Gasteiger partial charge in [-0.15, -0.1) is 0 Å². The molecule has 0 aliphatic rings. The van der Waals surface area contributed by atoms with Crippen LogP contribution in [0.4, 0.5) is 0 Å². The van der Waals surface area contributed by atoms with Crippen molar-refractivity contribution in [3.05, 3.63) is 35.9 Å². The zero-order chi connectivity index (χ0) is 10.4. The number of aliphatic hydroxyl groups is 1. The number of benzene rings is 1. The van der Waals surface area contributed by atoms with Crippen molar-refractivity contribution in [3.63, 3.8) is 0 Å². The molecule has 0 radical (unpaired) electrons. The van der Waals surface area contributed by atoms with E-state index in [0.717, 1.165) is 5.56 Å². The third-order valence-electron chi connectivity index (χ3n) is 1.93. The van der Waals surface area contributed by atoms with Crippen molar-refractivity contribution in [2.75, 3.05) is 0 Å². The molecule has 0 heterocycles. The number of ether oxygens (including phenoxy) is 1. The second-order valence-corrected chi connectivity index (χ2v) is 3.08. The van der Waals surface area contributed by atoms with Gasteiger partial charge in [-0.2, -0.15) is 5.26 Å². The van der Waals surface area contributed by atoms with Crippen molar-refractivity contribution in [3.8, 4) is 6.07 Å². The summed E-state index contributed by atoms with van der Waals surface area (Å²) in [6, 6.07) is 11.4. The third-order valence-corrected chi connectivity index (χ3v) is 1.93. The molecule has 0 aliphatic carbocycles. The van der Waals surface area contributed by atoms with E-state index in [-0.39, 0.29) is 0 Å². The predicted octanol–water partition coefficient (Wildman–Crippen LogP) is 1.48. The van der Waals surface area contributed by atoms with Crippen LogP contribution in [0.1, 0.15) is 12.5 Å². The lowest BCUT2D eigenvalue weighted by molar-refractivity contribution is -0.0123. The highest BCUT2D eigenvalue weighted by Crippen LogP contribution is 2.05. The van der Waals surface area contributed by atoms with Gasteiger partial charge in [0.15, 0.2) is 6.10 Å². The Labute approximate surface area is 83.6 Å². The first kappa shape index (κ1) is 10.7. The van der Waals surface area contributed by atoms with Crippen LogP contribution in [-0.2, 0) is 11.3 Å². The zero-order valence-corrected chi connectivity index (χ0v) is 8.05. The fourth-order valence-electron chi connectivity index (χ4n) is 0.998. The third kappa shape index (κ3) is 3.17. The summed E-state index contributed by atoms with van der Waals surface area (Å²) in [6.07, 6.45) is -1.51. The van der Waals surface area contributed by atoms with Crippen LogP contribution < -0.4 is 0 Å². The lowest BCUT2D eigenvalue weighted by Crippen LogP contribution is -2.23. The van der Waals surface area contributed by atoms with Gasteiger partial charge in [0, 0.05) is 0 Å². The minimum Gasteiger partial charge on any atom is -0.375 e. The summed E-state index contributed by atoms with van der Waals surface area (Å²) in [5.74, 6) is 0. The first-order chi connectivity index (χ1) is 6.74. The second-order valence-electron chi connectivity index (χ2n) is 3.08. The van der Waals surface area contributed by atoms with E-state index in [1.54, 1.807) is 13.0 Å². The lowest BCUT2D eigenvalue weighted by atomic mass is 10.2. The molecule has 0 amide bonds. The molecule has 0 bridgehead atoms. The predicted molar refractivity (Wildman–Crippen MR) is 52.3 cm³/mol. The molecule has 0 fully saturated rings. The maximum atomic E-state index is 9.12. The van der Waals surface area contributed by atoms with Crippen LogP contribution in [0.5, 0.6) is 0 Å². The Balaban J connectivity index is 2.39. The smallest absolute Gasteiger partial charge is 0.166 e. The average Bonchev–Trinajstić information content (AvgIpc) is 2.26. The number of aliphatic hydroxyl groups excluding tert-OH is 1. The number of hydrogen-bond acceptors (Lipinski definition) is 3. The Kier molecular flexibility index (Phi) is 4.11. The first-order valence-electron chi connectivity index (χ1n) is 4.47. The molecule has 0 saturated carbocycles. The van der Waals surface area contributed by atoms with Crippen molar-refractivity contribution in [1.29, 1.82) is 5.26 Å². The van der Waals surface area contributed by atoms with Gasteiger partial charge >= 0.3 is 0 Å². The van der Waals surface area contributed by atoms with Gasteiger partial charge in [-0.1, -0.05) is 30.3 Å². The van der Waals surface area contributed by atoms with Crippen molar-refractivity contribution < 1.29 is 9.84 Å². The molecule has 1 aromatic carbocycles. The molecule has 1 N–H and O–H groups in total. The van der Waals surface area contributed by atoms with Gasteiger partial charge in [-0.3, -0.25) is 0 Å². The van der Waals surface area contributed by atoms with Crippen molar-refractivity contribution in [2.24, 2.45) is 0 Å². The fourth-order valence-corrected chi connectivity index (χ4v) is 0.998. The number of hydrogen-bond donors (Lipinski definition) is 1. The van der Waals surface area contributed by atoms with Gasteiger partial charge < -0.3 is 9.84 Å². The monoisotopic (exact) mass is 191 g/mol. The van der Waals surface area contributed by atoms with Crippen LogP contribution >= 0.6 is 0 Å². The van der Waals surface area contributed by atoms with E-state index >= 15 is 0 Å². The Morgan fingerprint density at radius 2 is 2.07 bits per heavy atom. The van der Waals surface area contributed by atoms with Crippen LogP contribution in [0, 0.1) is 11.3 Å². The summed E-state index contributed by atoms with van der Waals surface area (Å²) in [6.45, 7) is 2.09. The van der Waals surface area contributed by atoms with Gasteiger partial charge in [0.1, 0.15) is 0 Å². The molecule has 1 aromatic rings. The van der Waals surface area contributed by atoms with E-state index in [2.05, 4.69) is 0 Å². The van der Waals surface area contributed by atoms with Gasteiger partial charge in [0.2, 0.25) is 0 Å². The maximum Gasteiger partial charge on any atom is 0.166 e. The normalized spacial score (nSPS) is 14.4. The molecule has 0 unspecified atom stereocenters. The Hall–Kier alpha value is -1.37. The van der Waals surface area contributed by atoms with Crippen LogP contribution in [-0.4, -0.2) is 17.3 Å². The Morgan fingerprint density at radius 1 is 1.43 bits per heavy atom. The molecule has 14 heavy (non-hydrogen) atoms. The van der Waals surface area contributed by atoms with E-state index in [4.69, 9.17) is 15.1 Å². The average molecular weight is 191 g/mol.